The number of carbonyl (C=O) groups excluding carboxylic acids is 2. The van der Waals surface area contributed by atoms with E-state index >= 15 is 0 Å². The highest BCUT2D eigenvalue weighted by molar-refractivity contribution is 6.30. The van der Waals surface area contributed by atoms with Gasteiger partial charge >= 0.3 is 0 Å². The zero-order valence-electron chi connectivity index (χ0n) is 14.6. The topological polar surface area (TPSA) is 88.3 Å². The first-order valence-electron chi connectivity index (χ1n) is 8.34. The molecule has 2 amide bonds. The van der Waals surface area contributed by atoms with Gasteiger partial charge in [-0.25, -0.2) is 4.98 Å². The lowest BCUT2D eigenvalue weighted by Crippen LogP contribution is -2.56. The average Bonchev–Trinajstić information content (AvgIpc) is 2.56. The lowest BCUT2D eigenvalue weighted by molar-refractivity contribution is -0.139. The van der Waals surface area contributed by atoms with E-state index in [1.165, 1.54) is 6.20 Å². The van der Waals surface area contributed by atoms with Gasteiger partial charge in [-0.1, -0.05) is 24.9 Å². The number of nitrogens with two attached hydrogens (primary N) is 1. The first-order valence-corrected chi connectivity index (χ1v) is 8.72. The third kappa shape index (κ3) is 5.83. The molecule has 1 aromatic heterocycles. The molecule has 0 radical (unpaired) electrons. The van der Waals surface area contributed by atoms with E-state index in [0.717, 1.165) is 19.3 Å². The Bertz CT molecular complexity index is 593. The van der Waals surface area contributed by atoms with Gasteiger partial charge in [-0.15, -0.1) is 12.4 Å². The van der Waals surface area contributed by atoms with Gasteiger partial charge in [-0.05, 0) is 38.3 Å². The third-order valence-electron chi connectivity index (χ3n) is 4.32. The van der Waals surface area contributed by atoms with Crippen molar-refractivity contribution in [2.75, 3.05) is 18.4 Å². The highest BCUT2D eigenvalue weighted by Gasteiger charge is 2.36. The first kappa shape index (κ1) is 21.7. The second-order valence-corrected chi connectivity index (χ2v) is 7.05. The highest BCUT2D eigenvalue weighted by atomic mass is 35.5. The molecule has 2 atom stereocenters. The van der Waals surface area contributed by atoms with Gasteiger partial charge in [0.2, 0.25) is 11.8 Å². The van der Waals surface area contributed by atoms with E-state index in [2.05, 4.69) is 10.3 Å². The summed E-state index contributed by atoms with van der Waals surface area (Å²) >= 11 is 5.79. The minimum Gasteiger partial charge on any atom is -0.340 e. The van der Waals surface area contributed by atoms with Crippen LogP contribution in [0.2, 0.25) is 5.02 Å². The van der Waals surface area contributed by atoms with Crippen LogP contribution in [0.25, 0.3) is 0 Å². The molecule has 2 rings (SSSR count). The number of carbonyl (C=O) groups is 2. The number of halogens is 2. The van der Waals surface area contributed by atoms with Crippen molar-refractivity contribution >= 4 is 41.6 Å². The van der Waals surface area contributed by atoms with E-state index < -0.39 is 5.54 Å². The van der Waals surface area contributed by atoms with Crippen LogP contribution in [-0.4, -0.2) is 40.3 Å². The van der Waals surface area contributed by atoms with Crippen molar-refractivity contribution in [1.29, 1.82) is 0 Å². The number of nitrogens with zero attached hydrogens (tertiary/aromatic N) is 2. The number of aromatic nitrogens is 1. The number of hydrogen-bond acceptors (Lipinski definition) is 4. The maximum absolute atomic E-state index is 12.6. The minimum atomic E-state index is -0.870. The van der Waals surface area contributed by atoms with E-state index in [1.54, 1.807) is 24.0 Å². The Hall–Kier alpha value is -1.37. The Kier molecular flexibility index (Phi) is 8.12. The predicted molar refractivity (Wildman–Crippen MR) is 102 cm³/mol. The standard InChI is InChI=1S/C17H25ClN4O2.ClH/c1-3-8-17(2,19)16(24)22-9-4-5-12(11-22)15(23)21-14-7-6-13(18)10-20-14;/h6-7,10,12H,3-5,8-9,11,19H2,1-2H3,(H,20,21,23);1H. The Balaban J connectivity index is 0.00000312. The van der Waals surface area contributed by atoms with E-state index in [9.17, 15) is 9.59 Å². The molecule has 0 spiro atoms. The number of nitrogens with one attached hydrogen (secondary N) is 1. The molecule has 0 aliphatic carbocycles. The van der Waals surface area contributed by atoms with Crippen molar-refractivity contribution < 1.29 is 9.59 Å². The zero-order valence-corrected chi connectivity index (χ0v) is 16.2. The molecule has 6 nitrogen and oxygen atoms in total. The smallest absolute Gasteiger partial charge is 0.242 e. The minimum absolute atomic E-state index is 0. The Morgan fingerprint density at radius 2 is 2.20 bits per heavy atom. The number of amides is 2. The molecule has 0 saturated carbocycles. The van der Waals surface area contributed by atoms with Gasteiger partial charge in [0.15, 0.2) is 0 Å². The van der Waals surface area contributed by atoms with Crippen molar-refractivity contribution in [3.63, 3.8) is 0 Å². The first-order chi connectivity index (χ1) is 11.3. The molecule has 0 aromatic carbocycles. The van der Waals surface area contributed by atoms with Gasteiger partial charge in [0.1, 0.15) is 5.82 Å². The predicted octanol–water partition coefficient (Wildman–Crippen LogP) is 2.85. The van der Waals surface area contributed by atoms with Crippen LogP contribution < -0.4 is 11.1 Å². The van der Waals surface area contributed by atoms with Crippen molar-refractivity contribution in [3.8, 4) is 0 Å². The number of hydrogen-bond donors (Lipinski definition) is 2. The highest BCUT2D eigenvalue weighted by Crippen LogP contribution is 2.22. The maximum atomic E-state index is 12.6. The van der Waals surface area contributed by atoms with Gasteiger partial charge in [0.25, 0.3) is 0 Å². The molecule has 1 fully saturated rings. The van der Waals surface area contributed by atoms with E-state index in [-0.39, 0.29) is 30.1 Å². The van der Waals surface area contributed by atoms with Crippen LogP contribution >= 0.6 is 24.0 Å². The largest absolute Gasteiger partial charge is 0.340 e. The molecule has 2 unspecified atom stereocenters. The van der Waals surface area contributed by atoms with Crippen LogP contribution in [0.5, 0.6) is 0 Å². The Morgan fingerprint density at radius 1 is 1.48 bits per heavy atom. The molecular formula is C17H26Cl2N4O2. The summed E-state index contributed by atoms with van der Waals surface area (Å²) in [6.07, 6.45) is 4.50. The van der Waals surface area contributed by atoms with E-state index in [0.29, 0.717) is 30.4 Å². The normalized spacial score (nSPS) is 19.5. The van der Waals surface area contributed by atoms with Crippen LogP contribution in [0.3, 0.4) is 0 Å². The fraction of sp³-hybridized carbons (Fsp3) is 0.588. The number of pyridine rings is 1. The average molecular weight is 389 g/mol. The maximum Gasteiger partial charge on any atom is 0.242 e. The van der Waals surface area contributed by atoms with E-state index in [1.807, 2.05) is 6.92 Å². The van der Waals surface area contributed by atoms with Crippen LogP contribution in [0.1, 0.15) is 39.5 Å². The summed E-state index contributed by atoms with van der Waals surface area (Å²) in [4.78, 5) is 30.8. The van der Waals surface area contributed by atoms with Crippen molar-refractivity contribution in [2.45, 2.75) is 45.1 Å². The van der Waals surface area contributed by atoms with Crippen LogP contribution in [-0.2, 0) is 9.59 Å². The molecule has 1 saturated heterocycles. The summed E-state index contributed by atoms with van der Waals surface area (Å²) in [5, 5.41) is 3.30. The second-order valence-electron chi connectivity index (χ2n) is 6.61. The van der Waals surface area contributed by atoms with E-state index in [4.69, 9.17) is 17.3 Å². The summed E-state index contributed by atoms with van der Waals surface area (Å²) in [7, 11) is 0. The fourth-order valence-corrected chi connectivity index (χ4v) is 3.15. The molecule has 8 heteroatoms. The molecule has 140 valence electrons. The van der Waals surface area contributed by atoms with Gasteiger partial charge in [0, 0.05) is 19.3 Å². The molecule has 1 aliphatic heterocycles. The third-order valence-corrected chi connectivity index (χ3v) is 4.54. The summed E-state index contributed by atoms with van der Waals surface area (Å²) in [6, 6.07) is 3.33. The number of rotatable bonds is 5. The van der Waals surface area contributed by atoms with Gasteiger partial charge in [0.05, 0.1) is 16.5 Å². The van der Waals surface area contributed by atoms with Crippen molar-refractivity contribution in [3.05, 3.63) is 23.4 Å². The number of anilines is 1. The molecule has 1 aromatic rings. The Morgan fingerprint density at radius 3 is 2.80 bits per heavy atom. The van der Waals surface area contributed by atoms with Crippen LogP contribution in [0, 0.1) is 5.92 Å². The number of likely N-dealkylation sites (tertiary alicyclic amines) is 1. The quantitative estimate of drug-likeness (QED) is 0.811. The monoisotopic (exact) mass is 388 g/mol. The fourth-order valence-electron chi connectivity index (χ4n) is 3.04. The van der Waals surface area contributed by atoms with Crippen molar-refractivity contribution in [2.24, 2.45) is 11.7 Å². The van der Waals surface area contributed by atoms with Gasteiger partial charge in [-0.3, -0.25) is 9.59 Å². The molecule has 1 aliphatic rings. The molecule has 25 heavy (non-hydrogen) atoms. The molecule has 2 heterocycles. The lowest BCUT2D eigenvalue weighted by atomic mass is 9.91. The van der Waals surface area contributed by atoms with Gasteiger partial charge in [-0.2, -0.15) is 0 Å². The van der Waals surface area contributed by atoms with Crippen molar-refractivity contribution in [1.82, 2.24) is 9.88 Å². The summed E-state index contributed by atoms with van der Waals surface area (Å²) in [5.74, 6) is 0.00288. The summed E-state index contributed by atoms with van der Waals surface area (Å²) < 4.78 is 0. The summed E-state index contributed by atoms with van der Waals surface area (Å²) in [5.41, 5.74) is 5.28. The zero-order chi connectivity index (χ0) is 17.7. The molecule has 3 N–H and O–H groups in total. The van der Waals surface area contributed by atoms with Crippen LogP contribution in [0.4, 0.5) is 5.82 Å². The van der Waals surface area contributed by atoms with Gasteiger partial charge < -0.3 is 16.0 Å². The Labute approximate surface area is 159 Å². The lowest BCUT2D eigenvalue weighted by Gasteiger charge is -2.37. The summed E-state index contributed by atoms with van der Waals surface area (Å²) in [6.45, 7) is 4.82. The number of piperidine rings is 1. The molecular weight excluding hydrogens is 363 g/mol. The molecule has 0 bridgehead atoms. The second kappa shape index (κ2) is 9.36. The SMILES string of the molecule is CCCC(C)(N)C(=O)N1CCCC(C(=O)Nc2ccc(Cl)cn2)C1.Cl. The van der Waals surface area contributed by atoms with Crippen LogP contribution in [0.15, 0.2) is 18.3 Å².